The molecular formula is C20H26N8. The molecule has 0 atom stereocenters. The highest BCUT2D eigenvalue weighted by Gasteiger charge is 2.20. The van der Waals surface area contributed by atoms with Crippen molar-refractivity contribution in [2.24, 2.45) is 12.0 Å². The SMILES string of the molecule is Cn1nnc(-c2ccc3c4c([nH]c3c2)N(CCCN2CCCCC2)CN=C4)n1. The number of H-pyrrole nitrogens is 1. The van der Waals surface area contributed by atoms with Crippen molar-refractivity contribution in [3.8, 4) is 11.4 Å². The fourth-order valence-electron chi connectivity index (χ4n) is 4.28. The minimum Gasteiger partial charge on any atom is -0.341 e. The summed E-state index contributed by atoms with van der Waals surface area (Å²) >= 11 is 0. The van der Waals surface area contributed by atoms with Gasteiger partial charge in [0.15, 0.2) is 0 Å². The molecule has 2 aromatic heterocycles. The van der Waals surface area contributed by atoms with E-state index in [2.05, 4.69) is 53.4 Å². The molecule has 1 aromatic carbocycles. The third-order valence-corrected chi connectivity index (χ3v) is 5.72. The number of tetrazole rings is 1. The lowest BCUT2D eigenvalue weighted by Gasteiger charge is -2.29. The van der Waals surface area contributed by atoms with Crippen LogP contribution in [0.25, 0.3) is 22.3 Å². The first-order chi connectivity index (χ1) is 13.8. The Bertz CT molecular complexity index is 995. The summed E-state index contributed by atoms with van der Waals surface area (Å²) in [5, 5.41) is 13.6. The van der Waals surface area contributed by atoms with Crippen molar-refractivity contribution in [1.29, 1.82) is 0 Å². The number of piperidine rings is 1. The van der Waals surface area contributed by atoms with E-state index in [-0.39, 0.29) is 0 Å². The first kappa shape index (κ1) is 17.4. The Labute approximate surface area is 164 Å². The number of nitrogens with one attached hydrogen (secondary N) is 1. The normalized spacial score (nSPS) is 17.4. The van der Waals surface area contributed by atoms with Gasteiger partial charge in [0.2, 0.25) is 5.82 Å². The van der Waals surface area contributed by atoms with E-state index in [4.69, 9.17) is 0 Å². The lowest BCUT2D eigenvalue weighted by atomic mass is 10.1. The summed E-state index contributed by atoms with van der Waals surface area (Å²) in [6.07, 6.45) is 7.25. The van der Waals surface area contributed by atoms with E-state index < -0.39 is 0 Å². The van der Waals surface area contributed by atoms with Gasteiger partial charge in [0.25, 0.3) is 0 Å². The van der Waals surface area contributed by atoms with E-state index >= 15 is 0 Å². The molecule has 1 N–H and O–H groups in total. The topological polar surface area (TPSA) is 78.2 Å². The monoisotopic (exact) mass is 378 g/mol. The Kier molecular flexibility index (Phi) is 4.56. The molecule has 146 valence electrons. The highest BCUT2D eigenvalue weighted by Crippen LogP contribution is 2.32. The second kappa shape index (κ2) is 7.35. The van der Waals surface area contributed by atoms with Crippen LogP contribution in [0.4, 0.5) is 5.82 Å². The molecule has 8 heteroatoms. The van der Waals surface area contributed by atoms with E-state index in [1.165, 1.54) is 66.9 Å². The minimum atomic E-state index is 0.643. The molecule has 8 nitrogen and oxygen atoms in total. The van der Waals surface area contributed by atoms with E-state index in [0.717, 1.165) is 24.3 Å². The Hall–Kier alpha value is -2.74. The van der Waals surface area contributed by atoms with Crippen molar-refractivity contribution in [2.45, 2.75) is 25.7 Å². The minimum absolute atomic E-state index is 0.643. The van der Waals surface area contributed by atoms with Gasteiger partial charge in [0, 0.05) is 34.8 Å². The molecule has 0 unspecified atom stereocenters. The highest BCUT2D eigenvalue weighted by atomic mass is 15.6. The zero-order valence-electron chi connectivity index (χ0n) is 16.3. The van der Waals surface area contributed by atoms with Gasteiger partial charge in [-0.05, 0) is 50.2 Å². The summed E-state index contributed by atoms with van der Waals surface area (Å²) < 4.78 is 0. The van der Waals surface area contributed by atoms with Crippen LogP contribution in [0.2, 0.25) is 0 Å². The quantitative estimate of drug-likeness (QED) is 0.738. The Morgan fingerprint density at radius 2 is 2.00 bits per heavy atom. The van der Waals surface area contributed by atoms with E-state index in [1.54, 1.807) is 7.05 Å². The zero-order chi connectivity index (χ0) is 18.9. The Morgan fingerprint density at radius 3 is 2.82 bits per heavy atom. The molecule has 0 bridgehead atoms. The number of benzene rings is 1. The van der Waals surface area contributed by atoms with Crippen LogP contribution in [0.15, 0.2) is 23.2 Å². The van der Waals surface area contributed by atoms with Crippen molar-refractivity contribution in [2.75, 3.05) is 37.7 Å². The Morgan fingerprint density at radius 1 is 1.11 bits per heavy atom. The lowest BCUT2D eigenvalue weighted by Crippen LogP contribution is -2.34. The number of nitrogens with zero attached hydrogens (tertiary/aromatic N) is 7. The molecule has 0 aliphatic carbocycles. The molecule has 0 radical (unpaired) electrons. The van der Waals surface area contributed by atoms with Crippen molar-refractivity contribution < 1.29 is 0 Å². The lowest BCUT2D eigenvalue weighted by molar-refractivity contribution is 0.227. The molecule has 2 aliphatic rings. The second-order valence-corrected chi connectivity index (χ2v) is 7.72. The fourth-order valence-corrected chi connectivity index (χ4v) is 4.28. The summed E-state index contributed by atoms with van der Waals surface area (Å²) in [7, 11) is 1.78. The average Bonchev–Trinajstić information content (AvgIpc) is 3.32. The van der Waals surface area contributed by atoms with Crippen molar-refractivity contribution in [3.63, 3.8) is 0 Å². The van der Waals surface area contributed by atoms with E-state index in [9.17, 15) is 0 Å². The summed E-state index contributed by atoms with van der Waals surface area (Å²) in [6, 6.07) is 6.28. The number of rotatable bonds is 5. The van der Waals surface area contributed by atoms with Crippen LogP contribution in [0, 0.1) is 0 Å². The maximum absolute atomic E-state index is 4.60. The van der Waals surface area contributed by atoms with Crippen molar-refractivity contribution in [1.82, 2.24) is 30.1 Å². The number of anilines is 1. The summed E-state index contributed by atoms with van der Waals surface area (Å²) in [6.45, 7) is 5.44. The number of aromatic nitrogens is 5. The molecule has 4 heterocycles. The third kappa shape index (κ3) is 3.28. The van der Waals surface area contributed by atoms with Crippen LogP contribution >= 0.6 is 0 Å². The first-order valence-corrected chi connectivity index (χ1v) is 10.2. The third-order valence-electron chi connectivity index (χ3n) is 5.72. The van der Waals surface area contributed by atoms with Gasteiger partial charge in [0.1, 0.15) is 12.5 Å². The molecule has 3 aromatic rings. The molecule has 0 spiro atoms. The smallest absolute Gasteiger partial charge is 0.204 e. The molecule has 5 rings (SSSR count). The average molecular weight is 378 g/mol. The predicted octanol–water partition coefficient (Wildman–Crippen LogP) is 2.43. The van der Waals surface area contributed by atoms with Crippen molar-refractivity contribution >= 4 is 22.9 Å². The molecule has 2 aliphatic heterocycles. The van der Waals surface area contributed by atoms with Gasteiger partial charge < -0.3 is 14.8 Å². The first-order valence-electron chi connectivity index (χ1n) is 10.2. The van der Waals surface area contributed by atoms with Crippen LogP contribution in [0.5, 0.6) is 0 Å². The number of hydrogen-bond acceptors (Lipinski definition) is 6. The molecular weight excluding hydrogens is 352 g/mol. The number of likely N-dealkylation sites (tertiary alicyclic amines) is 1. The molecule has 0 amide bonds. The molecule has 1 fully saturated rings. The van der Waals surface area contributed by atoms with Gasteiger partial charge in [-0.3, -0.25) is 4.99 Å². The van der Waals surface area contributed by atoms with Gasteiger partial charge in [-0.1, -0.05) is 18.6 Å². The number of hydrogen-bond donors (Lipinski definition) is 1. The van der Waals surface area contributed by atoms with Crippen molar-refractivity contribution in [3.05, 3.63) is 23.8 Å². The van der Waals surface area contributed by atoms with E-state index in [1.807, 2.05) is 6.21 Å². The molecule has 1 saturated heterocycles. The maximum atomic E-state index is 4.60. The largest absolute Gasteiger partial charge is 0.341 e. The van der Waals surface area contributed by atoms with Crippen LogP contribution < -0.4 is 4.90 Å². The summed E-state index contributed by atoms with van der Waals surface area (Å²) in [4.78, 5) is 14.7. The second-order valence-electron chi connectivity index (χ2n) is 7.72. The fraction of sp³-hybridized carbons (Fsp3) is 0.500. The molecule has 0 saturated carbocycles. The number of fused-ring (bicyclic) bond motifs is 3. The summed E-state index contributed by atoms with van der Waals surface area (Å²) in [5.74, 6) is 1.82. The Balaban J connectivity index is 1.35. The van der Waals surface area contributed by atoms with Gasteiger partial charge in [-0.2, -0.15) is 4.80 Å². The van der Waals surface area contributed by atoms with Crippen LogP contribution in [0.1, 0.15) is 31.2 Å². The standard InChI is InChI=1S/C20H26N8/c1-26-24-19(23-25-26)15-6-7-16-17-13-21-14-28(20(17)22-18(16)12-15)11-5-10-27-8-3-2-4-9-27/h6-7,12-13,22H,2-5,8-11,14H2,1H3. The zero-order valence-corrected chi connectivity index (χ0v) is 16.3. The summed E-state index contributed by atoms with van der Waals surface area (Å²) in [5.41, 5.74) is 3.23. The molecule has 28 heavy (non-hydrogen) atoms. The maximum Gasteiger partial charge on any atom is 0.204 e. The van der Waals surface area contributed by atoms with Gasteiger partial charge in [0.05, 0.1) is 7.05 Å². The van der Waals surface area contributed by atoms with Gasteiger partial charge >= 0.3 is 0 Å². The van der Waals surface area contributed by atoms with Crippen LogP contribution in [-0.4, -0.2) is 69.2 Å². The number of aromatic amines is 1. The van der Waals surface area contributed by atoms with Gasteiger partial charge in [-0.25, -0.2) is 0 Å². The van der Waals surface area contributed by atoms with Crippen LogP contribution in [-0.2, 0) is 7.05 Å². The number of aryl methyl sites for hydroxylation is 1. The van der Waals surface area contributed by atoms with E-state index in [0.29, 0.717) is 5.82 Å². The number of aliphatic imine (C=N–C) groups is 1. The van der Waals surface area contributed by atoms with Crippen LogP contribution in [0.3, 0.4) is 0 Å². The highest BCUT2D eigenvalue weighted by molar-refractivity contribution is 6.06. The predicted molar refractivity (Wildman–Crippen MR) is 111 cm³/mol. The van der Waals surface area contributed by atoms with Gasteiger partial charge in [-0.15, -0.1) is 10.2 Å².